The molecule has 7 heteroatoms. The predicted octanol–water partition coefficient (Wildman–Crippen LogP) is 3.48. The van der Waals surface area contributed by atoms with Gasteiger partial charge in [0.05, 0.1) is 22.3 Å². The summed E-state index contributed by atoms with van der Waals surface area (Å²) in [6.07, 6.45) is 9.48. The zero-order chi connectivity index (χ0) is 20.2. The van der Waals surface area contributed by atoms with E-state index in [1.54, 1.807) is 6.33 Å². The topological polar surface area (TPSA) is 88.9 Å². The van der Waals surface area contributed by atoms with Crippen molar-refractivity contribution >= 4 is 23.2 Å². The fourth-order valence-electron chi connectivity index (χ4n) is 6.52. The number of nitrogens with zero attached hydrogens (tertiary/aromatic N) is 3. The van der Waals surface area contributed by atoms with Crippen LogP contribution in [0.1, 0.15) is 51.0 Å². The number of amides is 2. The van der Waals surface area contributed by atoms with Gasteiger partial charge in [0, 0.05) is 6.92 Å². The number of aromatic nitrogens is 3. The van der Waals surface area contributed by atoms with Crippen LogP contribution in [-0.2, 0) is 15.1 Å². The summed E-state index contributed by atoms with van der Waals surface area (Å²) >= 11 is 0. The van der Waals surface area contributed by atoms with Crippen LogP contribution >= 0.6 is 0 Å². The van der Waals surface area contributed by atoms with E-state index in [1.165, 1.54) is 13.3 Å². The van der Waals surface area contributed by atoms with Gasteiger partial charge in [-0.2, -0.15) is 5.10 Å². The molecule has 4 fully saturated rings. The molecule has 4 saturated carbocycles. The molecule has 0 spiro atoms. The number of carbonyl (C=O) groups is 2. The average Bonchev–Trinajstić information content (AvgIpc) is 3.18. The first-order valence-corrected chi connectivity index (χ1v) is 10.4. The minimum atomic E-state index is -0.382. The Labute approximate surface area is 170 Å². The highest BCUT2D eigenvalue weighted by Gasteiger charge is 2.61. The highest BCUT2D eigenvalue weighted by Crippen LogP contribution is 2.64. The lowest BCUT2D eigenvalue weighted by molar-refractivity contribution is -0.150. The maximum absolute atomic E-state index is 13.7. The van der Waals surface area contributed by atoms with E-state index >= 15 is 0 Å². The molecule has 1 aromatic carbocycles. The SMILES string of the molecule is CC(=O)Nc1ccc(C)cc1NC(=O)C12CC3CC(C1)CC(n1cncn1)(C3)C2. The molecule has 4 aliphatic rings. The number of anilines is 2. The molecule has 2 unspecified atom stereocenters. The second kappa shape index (κ2) is 6.40. The van der Waals surface area contributed by atoms with Gasteiger partial charge in [-0.3, -0.25) is 9.59 Å². The number of nitrogens with one attached hydrogen (secondary N) is 2. The Morgan fingerprint density at radius 2 is 1.86 bits per heavy atom. The highest BCUT2D eigenvalue weighted by atomic mass is 16.2. The summed E-state index contributed by atoms with van der Waals surface area (Å²) in [5, 5.41) is 10.5. The fourth-order valence-corrected chi connectivity index (χ4v) is 6.52. The maximum atomic E-state index is 13.7. The second-order valence-corrected chi connectivity index (χ2v) is 9.49. The Morgan fingerprint density at radius 1 is 1.10 bits per heavy atom. The molecular formula is C22H27N5O2. The van der Waals surface area contributed by atoms with Crippen LogP contribution in [0.2, 0.25) is 0 Å². The second-order valence-electron chi connectivity index (χ2n) is 9.49. The predicted molar refractivity (Wildman–Crippen MR) is 109 cm³/mol. The number of hydrogen-bond donors (Lipinski definition) is 2. The molecule has 29 heavy (non-hydrogen) atoms. The van der Waals surface area contributed by atoms with Crippen molar-refractivity contribution in [2.75, 3.05) is 10.6 Å². The number of rotatable bonds is 4. The molecular weight excluding hydrogens is 366 g/mol. The molecule has 152 valence electrons. The van der Waals surface area contributed by atoms with Crippen molar-refractivity contribution in [1.29, 1.82) is 0 Å². The van der Waals surface area contributed by atoms with Crippen LogP contribution in [-0.4, -0.2) is 26.6 Å². The van der Waals surface area contributed by atoms with Crippen LogP contribution in [0.5, 0.6) is 0 Å². The van der Waals surface area contributed by atoms with Crippen LogP contribution < -0.4 is 10.6 Å². The molecule has 1 aromatic heterocycles. The van der Waals surface area contributed by atoms with E-state index < -0.39 is 0 Å². The zero-order valence-corrected chi connectivity index (χ0v) is 16.9. The standard InChI is InChI=1S/C22H27N5O2/c1-14-3-4-18(25-15(2)28)19(5-14)26-20(29)21-7-16-6-17(8-21)10-22(9-16,11-21)27-13-23-12-24-27/h3-5,12-13,16-17H,6-11H2,1-2H3,(H,25,28)(H,26,29). The lowest BCUT2D eigenvalue weighted by atomic mass is 9.46. The maximum Gasteiger partial charge on any atom is 0.230 e. The monoisotopic (exact) mass is 393 g/mol. The summed E-state index contributed by atoms with van der Waals surface area (Å²) in [5.74, 6) is 1.04. The van der Waals surface area contributed by atoms with Crippen LogP contribution in [0, 0.1) is 24.2 Å². The Balaban J connectivity index is 1.46. The molecule has 2 N–H and O–H groups in total. The highest BCUT2D eigenvalue weighted by molar-refractivity contribution is 6.01. The first-order valence-electron chi connectivity index (χ1n) is 10.4. The number of aryl methyl sites for hydroxylation is 1. The summed E-state index contributed by atoms with van der Waals surface area (Å²) < 4.78 is 2.02. The van der Waals surface area contributed by atoms with Crippen LogP contribution in [0.3, 0.4) is 0 Å². The van der Waals surface area contributed by atoms with Crippen molar-refractivity contribution < 1.29 is 9.59 Å². The third-order valence-electron chi connectivity index (χ3n) is 7.15. The van der Waals surface area contributed by atoms with Gasteiger partial charge in [0.15, 0.2) is 0 Å². The van der Waals surface area contributed by atoms with Gasteiger partial charge in [-0.05, 0) is 75.0 Å². The van der Waals surface area contributed by atoms with Crippen molar-refractivity contribution in [3.05, 3.63) is 36.4 Å². The van der Waals surface area contributed by atoms with Gasteiger partial charge in [-0.25, -0.2) is 9.67 Å². The molecule has 7 nitrogen and oxygen atoms in total. The third kappa shape index (κ3) is 3.03. The lowest BCUT2D eigenvalue weighted by Gasteiger charge is -2.60. The van der Waals surface area contributed by atoms with Gasteiger partial charge in [0.1, 0.15) is 12.7 Å². The van der Waals surface area contributed by atoms with Gasteiger partial charge in [-0.1, -0.05) is 6.07 Å². The van der Waals surface area contributed by atoms with E-state index in [0.29, 0.717) is 23.2 Å². The van der Waals surface area contributed by atoms with Crippen LogP contribution in [0.25, 0.3) is 0 Å². The van der Waals surface area contributed by atoms with E-state index in [9.17, 15) is 9.59 Å². The fraction of sp³-hybridized carbons (Fsp3) is 0.545. The van der Waals surface area contributed by atoms with Gasteiger partial charge in [-0.15, -0.1) is 0 Å². The Bertz CT molecular complexity index is 954. The number of hydrogen-bond acceptors (Lipinski definition) is 4. The lowest BCUT2D eigenvalue weighted by Crippen LogP contribution is -2.60. The molecule has 0 saturated heterocycles. The molecule has 1 heterocycles. The molecule has 0 aliphatic heterocycles. The van der Waals surface area contributed by atoms with Crippen molar-refractivity contribution in [3.8, 4) is 0 Å². The van der Waals surface area contributed by atoms with Gasteiger partial charge in [0.25, 0.3) is 0 Å². The molecule has 4 aliphatic carbocycles. The summed E-state index contributed by atoms with van der Waals surface area (Å²) in [6.45, 7) is 3.46. The van der Waals surface area contributed by atoms with Gasteiger partial charge < -0.3 is 10.6 Å². The summed E-state index contributed by atoms with van der Waals surface area (Å²) in [4.78, 5) is 29.4. The molecule has 6 rings (SSSR count). The normalized spacial score (nSPS) is 32.2. The molecule has 0 radical (unpaired) electrons. The van der Waals surface area contributed by atoms with Gasteiger partial charge in [0.2, 0.25) is 11.8 Å². The molecule has 2 amide bonds. The summed E-state index contributed by atoms with van der Waals surface area (Å²) in [6, 6.07) is 5.71. The van der Waals surface area contributed by atoms with E-state index in [0.717, 1.165) is 37.7 Å². The first-order chi connectivity index (χ1) is 13.9. The largest absolute Gasteiger partial charge is 0.325 e. The minimum absolute atomic E-state index is 0.0771. The minimum Gasteiger partial charge on any atom is -0.325 e. The molecule has 2 aromatic rings. The van der Waals surface area contributed by atoms with Crippen molar-refractivity contribution in [1.82, 2.24) is 14.8 Å². The average molecular weight is 393 g/mol. The summed E-state index contributed by atoms with van der Waals surface area (Å²) in [5.41, 5.74) is 1.89. The van der Waals surface area contributed by atoms with Crippen molar-refractivity contribution in [3.63, 3.8) is 0 Å². The first kappa shape index (κ1) is 18.3. The third-order valence-corrected chi connectivity index (χ3v) is 7.15. The zero-order valence-electron chi connectivity index (χ0n) is 16.9. The Hall–Kier alpha value is -2.70. The van der Waals surface area contributed by atoms with E-state index in [1.807, 2.05) is 36.1 Å². The molecule has 4 bridgehead atoms. The quantitative estimate of drug-likeness (QED) is 0.832. The smallest absolute Gasteiger partial charge is 0.230 e. The van der Waals surface area contributed by atoms with Crippen molar-refractivity contribution in [2.24, 2.45) is 17.3 Å². The Kier molecular flexibility index (Phi) is 4.05. The van der Waals surface area contributed by atoms with E-state index in [-0.39, 0.29) is 22.8 Å². The van der Waals surface area contributed by atoms with Crippen LogP contribution in [0.4, 0.5) is 11.4 Å². The van der Waals surface area contributed by atoms with E-state index in [4.69, 9.17) is 0 Å². The van der Waals surface area contributed by atoms with E-state index in [2.05, 4.69) is 20.7 Å². The molecule has 2 atom stereocenters. The Morgan fingerprint density at radius 3 is 2.52 bits per heavy atom. The summed E-state index contributed by atoms with van der Waals surface area (Å²) in [7, 11) is 0. The van der Waals surface area contributed by atoms with Crippen LogP contribution in [0.15, 0.2) is 30.9 Å². The number of carbonyl (C=O) groups excluding carboxylic acids is 2. The van der Waals surface area contributed by atoms with Crippen molar-refractivity contribution in [2.45, 2.75) is 57.9 Å². The van der Waals surface area contributed by atoms with Gasteiger partial charge >= 0.3 is 0 Å². The number of benzene rings is 1.